The van der Waals surface area contributed by atoms with Crippen molar-refractivity contribution in [1.82, 2.24) is 0 Å². The zero-order chi connectivity index (χ0) is 12.8. The molecule has 0 bridgehead atoms. The SMILES string of the molecule is C=C(C)C(=O)OC(CC)(CC)C(N)OCC. The van der Waals surface area contributed by atoms with E-state index in [9.17, 15) is 4.79 Å². The fourth-order valence-electron chi connectivity index (χ4n) is 1.46. The molecule has 0 amide bonds. The van der Waals surface area contributed by atoms with E-state index in [1.807, 2.05) is 20.8 Å². The molecule has 0 saturated heterocycles. The number of hydrogen-bond acceptors (Lipinski definition) is 4. The maximum atomic E-state index is 11.6. The van der Waals surface area contributed by atoms with Crippen LogP contribution in [0.4, 0.5) is 0 Å². The molecule has 4 nitrogen and oxygen atoms in total. The number of ether oxygens (including phenoxy) is 2. The monoisotopic (exact) mass is 229 g/mol. The maximum absolute atomic E-state index is 11.6. The van der Waals surface area contributed by atoms with Crippen molar-refractivity contribution >= 4 is 5.97 Å². The Morgan fingerprint density at radius 1 is 1.38 bits per heavy atom. The molecule has 94 valence electrons. The van der Waals surface area contributed by atoms with Gasteiger partial charge in [-0.1, -0.05) is 20.4 Å². The first-order valence-electron chi connectivity index (χ1n) is 5.69. The lowest BCUT2D eigenvalue weighted by Crippen LogP contribution is -2.52. The van der Waals surface area contributed by atoms with Crippen molar-refractivity contribution in [2.75, 3.05) is 6.61 Å². The summed E-state index contributed by atoms with van der Waals surface area (Å²) in [5, 5.41) is 0. The zero-order valence-corrected chi connectivity index (χ0v) is 10.7. The first-order chi connectivity index (χ1) is 7.43. The molecule has 16 heavy (non-hydrogen) atoms. The molecule has 2 N–H and O–H groups in total. The highest BCUT2D eigenvalue weighted by atomic mass is 16.6. The molecule has 0 aromatic carbocycles. The largest absolute Gasteiger partial charge is 0.452 e. The van der Waals surface area contributed by atoms with Crippen LogP contribution in [0.25, 0.3) is 0 Å². The fourth-order valence-corrected chi connectivity index (χ4v) is 1.46. The predicted molar refractivity (Wildman–Crippen MR) is 63.8 cm³/mol. The van der Waals surface area contributed by atoms with Crippen LogP contribution in [-0.4, -0.2) is 24.4 Å². The second-order valence-corrected chi connectivity index (χ2v) is 3.82. The summed E-state index contributed by atoms with van der Waals surface area (Å²) in [5.74, 6) is -0.418. The van der Waals surface area contributed by atoms with Crippen LogP contribution in [0.3, 0.4) is 0 Å². The number of hydrogen-bond donors (Lipinski definition) is 1. The molecule has 0 radical (unpaired) electrons. The van der Waals surface area contributed by atoms with Crippen LogP contribution in [0.15, 0.2) is 12.2 Å². The summed E-state index contributed by atoms with van der Waals surface area (Å²) < 4.78 is 10.8. The maximum Gasteiger partial charge on any atom is 0.333 e. The minimum atomic E-state index is -0.758. The van der Waals surface area contributed by atoms with Gasteiger partial charge in [-0.15, -0.1) is 0 Å². The average Bonchev–Trinajstić information content (AvgIpc) is 2.25. The summed E-state index contributed by atoms with van der Waals surface area (Å²) in [6, 6.07) is 0. The van der Waals surface area contributed by atoms with Crippen LogP contribution >= 0.6 is 0 Å². The first kappa shape index (κ1) is 15.1. The molecule has 0 spiro atoms. The molecule has 0 aromatic rings. The van der Waals surface area contributed by atoms with Gasteiger partial charge >= 0.3 is 5.97 Å². The average molecular weight is 229 g/mol. The van der Waals surface area contributed by atoms with Crippen molar-refractivity contribution in [1.29, 1.82) is 0 Å². The molecule has 0 heterocycles. The van der Waals surface area contributed by atoms with Crippen LogP contribution in [0, 0.1) is 0 Å². The van der Waals surface area contributed by atoms with E-state index in [0.29, 0.717) is 25.0 Å². The summed E-state index contributed by atoms with van der Waals surface area (Å²) in [4.78, 5) is 11.6. The molecular weight excluding hydrogens is 206 g/mol. The van der Waals surface area contributed by atoms with Crippen LogP contribution in [0.5, 0.6) is 0 Å². The summed E-state index contributed by atoms with van der Waals surface area (Å²) in [7, 11) is 0. The van der Waals surface area contributed by atoms with Crippen molar-refractivity contribution in [3.8, 4) is 0 Å². The number of rotatable bonds is 7. The molecule has 0 aliphatic heterocycles. The number of carbonyl (C=O) groups excluding carboxylic acids is 1. The highest BCUT2D eigenvalue weighted by Gasteiger charge is 2.38. The Labute approximate surface area is 97.8 Å². The molecular formula is C12H23NO3. The lowest BCUT2D eigenvalue weighted by Gasteiger charge is -2.36. The van der Waals surface area contributed by atoms with Gasteiger partial charge < -0.3 is 15.2 Å². The van der Waals surface area contributed by atoms with E-state index in [4.69, 9.17) is 15.2 Å². The summed E-state index contributed by atoms with van der Waals surface area (Å²) >= 11 is 0. The van der Waals surface area contributed by atoms with Gasteiger partial charge in [0.15, 0.2) is 5.60 Å². The van der Waals surface area contributed by atoms with E-state index >= 15 is 0 Å². The van der Waals surface area contributed by atoms with Gasteiger partial charge in [0.2, 0.25) is 0 Å². The van der Waals surface area contributed by atoms with Crippen molar-refractivity contribution < 1.29 is 14.3 Å². The Morgan fingerprint density at radius 3 is 2.19 bits per heavy atom. The van der Waals surface area contributed by atoms with E-state index in [2.05, 4.69) is 6.58 Å². The van der Waals surface area contributed by atoms with Gasteiger partial charge in [-0.05, 0) is 26.7 Å². The predicted octanol–water partition coefficient (Wildman–Crippen LogP) is 1.99. The van der Waals surface area contributed by atoms with Gasteiger partial charge in [-0.3, -0.25) is 0 Å². The highest BCUT2D eigenvalue weighted by molar-refractivity contribution is 5.87. The summed E-state index contributed by atoms with van der Waals surface area (Å²) in [5.41, 5.74) is 5.52. The topological polar surface area (TPSA) is 61.5 Å². The third kappa shape index (κ3) is 3.61. The van der Waals surface area contributed by atoms with E-state index < -0.39 is 17.8 Å². The molecule has 0 aromatic heterocycles. The minimum absolute atomic E-state index is 0.370. The Morgan fingerprint density at radius 2 is 1.88 bits per heavy atom. The highest BCUT2D eigenvalue weighted by Crippen LogP contribution is 2.25. The van der Waals surface area contributed by atoms with Gasteiger partial charge in [0.1, 0.15) is 6.23 Å². The van der Waals surface area contributed by atoms with Crippen LogP contribution in [0.1, 0.15) is 40.5 Å². The lowest BCUT2D eigenvalue weighted by atomic mass is 9.95. The molecule has 1 atom stereocenters. The Hall–Kier alpha value is -0.870. The van der Waals surface area contributed by atoms with Crippen molar-refractivity contribution in [3.63, 3.8) is 0 Å². The van der Waals surface area contributed by atoms with Crippen LogP contribution in [0.2, 0.25) is 0 Å². The van der Waals surface area contributed by atoms with Gasteiger partial charge in [0.25, 0.3) is 0 Å². The van der Waals surface area contributed by atoms with Gasteiger partial charge in [-0.25, -0.2) is 4.79 Å². The van der Waals surface area contributed by atoms with Crippen LogP contribution in [-0.2, 0) is 14.3 Å². The van der Waals surface area contributed by atoms with Crippen LogP contribution < -0.4 is 5.73 Å². The van der Waals surface area contributed by atoms with Gasteiger partial charge in [-0.2, -0.15) is 0 Å². The second-order valence-electron chi connectivity index (χ2n) is 3.82. The first-order valence-corrected chi connectivity index (χ1v) is 5.69. The Balaban J connectivity index is 4.80. The number of esters is 1. The van der Waals surface area contributed by atoms with E-state index in [1.165, 1.54) is 0 Å². The standard InChI is InChI=1S/C12H23NO3/c1-6-12(7-2,11(13)15-8-3)16-10(14)9(4)5/h11H,4,6-8,13H2,1-3,5H3. The zero-order valence-electron chi connectivity index (χ0n) is 10.7. The van der Waals surface area contributed by atoms with E-state index in [0.717, 1.165) is 0 Å². The minimum Gasteiger partial charge on any atom is -0.452 e. The normalized spacial score (nSPS) is 13.3. The smallest absolute Gasteiger partial charge is 0.333 e. The third-order valence-electron chi connectivity index (χ3n) is 2.71. The van der Waals surface area contributed by atoms with E-state index in [1.54, 1.807) is 6.92 Å². The lowest BCUT2D eigenvalue weighted by molar-refractivity contribution is -0.176. The third-order valence-corrected chi connectivity index (χ3v) is 2.71. The van der Waals surface area contributed by atoms with Crippen molar-refractivity contribution in [2.24, 2.45) is 5.73 Å². The molecule has 0 fully saturated rings. The number of nitrogens with two attached hydrogens (primary N) is 1. The summed E-state index contributed by atoms with van der Waals surface area (Å²) in [6.07, 6.45) is 0.628. The van der Waals surface area contributed by atoms with Gasteiger partial charge in [0, 0.05) is 12.2 Å². The molecule has 0 aliphatic carbocycles. The molecule has 1 unspecified atom stereocenters. The Kier molecular flexibility index (Phi) is 6.29. The molecule has 0 rings (SSSR count). The molecule has 0 aliphatic rings. The summed E-state index contributed by atoms with van der Waals surface area (Å²) in [6.45, 7) is 11.4. The fraction of sp³-hybridized carbons (Fsp3) is 0.750. The quantitative estimate of drug-likeness (QED) is 0.412. The molecule has 0 saturated carbocycles. The van der Waals surface area contributed by atoms with Crippen molar-refractivity contribution in [3.05, 3.63) is 12.2 Å². The number of carbonyl (C=O) groups is 1. The van der Waals surface area contributed by atoms with E-state index in [-0.39, 0.29) is 0 Å². The molecule has 4 heteroatoms. The van der Waals surface area contributed by atoms with Gasteiger partial charge in [0.05, 0.1) is 0 Å². The Bertz CT molecular complexity index is 247. The van der Waals surface area contributed by atoms with Crippen molar-refractivity contribution in [2.45, 2.75) is 52.4 Å². The second kappa shape index (κ2) is 6.66.